The van der Waals surface area contributed by atoms with E-state index in [9.17, 15) is 18.0 Å². The monoisotopic (exact) mass is 514 g/mol. The van der Waals surface area contributed by atoms with Crippen LogP contribution in [0.3, 0.4) is 0 Å². The van der Waals surface area contributed by atoms with Crippen LogP contribution < -0.4 is 20.7 Å². The number of halogens is 4. The number of nitrogens with one attached hydrogen (secondary N) is 3. The highest BCUT2D eigenvalue weighted by atomic mass is 127. The van der Waals surface area contributed by atoms with Crippen LogP contribution in [0.2, 0.25) is 0 Å². The van der Waals surface area contributed by atoms with Crippen molar-refractivity contribution in [1.82, 2.24) is 16.0 Å². The van der Waals surface area contributed by atoms with Gasteiger partial charge in [-0.2, -0.15) is 13.2 Å². The zero-order chi connectivity index (χ0) is 19.7. The molecule has 1 saturated carbocycles. The number of carbonyl (C=O) groups excluding carboxylic acids is 1. The molecule has 10 heteroatoms. The summed E-state index contributed by atoms with van der Waals surface area (Å²) >= 11 is 0. The lowest BCUT2D eigenvalue weighted by Gasteiger charge is -2.12. The number of benzene rings is 1. The molecule has 0 bridgehead atoms. The normalized spacial score (nSPS) is 14.1. The maximum Gasteiger partial charge on any atom is 0.422 e. The predicted molar refractivity (Wildman–Crippen MR) is 112 cm³/mol. The molecule has 0 atom stereocenters. The summed E-state index contributed by atoms with van der Waals surface area (Å²) in [6.07, 6.45) is -2.44. The van der Waals surface area contributed by atoms with Gasteiger partial charge >= 0.3 is 6.18 Å². The molecule has 0 heterocycles. The van der Waals surface area contributed by atoms with E-state index in [0.717, 1.165) is 18.4 Å². The zero-order valence-electron chi connectivity index (χ0n) is 15.6. The molecule has 2 rings (SSSR count). The van der Waals surface area contributed by atoms with Gasteiger partial charge in [0, 0.05) is 25.6 Å². The molecule has 0 spiro atoms. The third-order valence-electron chi connectivity index (χ3n) is 3.73. The zero-order valence-corrected chi connectivity index (χ0v) is 18.0. The van der Waals surface area contributed by atoms with Gasteiger partial charge in [0.25, 0.3) is 0 Å². The molecular formula is C18H26F3IN4O2. The van der Waals surface area contributed by atoms with Crippen molar-refractivity contribution in [2.75, 3.05) is 26.2 Å². The third kappa shape index (κ3) is 10.00. The number of amides is 1. The number of hydrogen-bond donors (Lipinski definition) is 3. The van der Waals surface area contributed by atoms with Gasteiger partial charge in [-0.1, -0.05) is 12.1 Å². The molecule has 6 nitrogen and oxygen atoms in total. The van der Waals surface area contributed by atoms with Gasteiger partial charge in [-0.15, -0.1) is 24.0 Å². The number of ether oxygens (including phenoxy) is 1. The fraction of sp³-hybridized carbons (Fsp3) is 0.556. The standard InChI is InChI=1S/C18H25F3N4O2.HI/c1-2-22-17(24-9-8-23-16(26)14-6-7-14)25-11-13-4-3-5-15(10-13)27-12-18(19,20)21;/h3-5,10,14H,2,6-9,11-12H2,1H3,(H,23,26)(H2,22,24,25);1H. The number of rotatable bonds is 9. The van der Waals surface area contributed by atoms with Crippen molar-refractivity contribution in [2.45, 2.75) is 32.5 Å². The van der Waals surface area contributed by atoms with Crippen LogP contribution in [0.1, 0.15) is 25.3 Å². The van der Waals surface area contributed by atoms with Crippen molar-refractivity contribution in [1.29, 1.82) is 0 Å². The number of alkyl halides is 3. The quantitative estimate of drug-likeness (QED) is 0.205. The van der Waals surface area contributed by atoms with E-state index in [1.54, 1.807) is 12.1 Å². The summed E-state index contributed by atoms with van der Waals surface area (Å²) in [7, 11) is 0. The van der Waals surface area contributed by atoms with Crippen molar-refractivity contribution >= 4 is 35.8 Å². The van der Waals surface area contributed by atoms with E-state index in [-0.39, 0.29) is 48.1 Å². The van der Waals surface area contributed by atoms with Crippen molar-refractivity contribution in [3.63, 3.8) is 0 Å². The smallest absolute Gasteiger partial charge is 0.422 e. The SMILES string of the molecule is CCNC(=NCc1cccc(OCC(F)(F)F)c1)NCCNC(=O)C1CC1.I. The van der Waals surface area contributed by atoms with Crippen LogP contribution in [0.15, 0.2) is 29.3 Å². The average Bonchev–Trinajstić information content (AvgIpc) is 3.46. The summed E-state index contributed by atoms with van der Waals surface area (Å²) in [5, 5.41) is 9.05. The second-order valence-electron chi connectivity index (χ2n) is 6.24. The van der Waals surface area contributed by atoms with Gasteiger partial charge in [-0.25, -0.2) is 4.99 Å². The fourth-order valence-electron chi connectivity index (χ4n) is 2.27. The molecule has 1 aliphatic carbocycles. The highest BCUT2D eigenvalue weighted by Crippen LogP contribution is 2.28. The Morgan fingerprint density at radius 3 is 2.57 bits per heavy atom. The van der Waals surface area contributed by atoms with Crippen LogP contribution >= 0.6 is 24.0 Å². The van der Waals surface area contributed by atoms with E-state index in [1.165, 1.54) is 12.1 Å². The van der Waals surface area contributed by atoms with E-state index in [2.05, 4.69) is 20.9 Å². The summed E-state index contributed by atoms with van der Waals surface area (Å²) in [5.41, 5.74) is 0.730. The lowest BCUT2D eigenvalue weighted by Crippen LogP contribution is -2.41. The fourth-order valence-corrected chi connectivity index (χ4v) is 2.27. The first kappa shape index (κ1) is 24.3. The van der Waals surface area contributed by atoms with Crippen LogP contribution in [0.25, 0.3) is 0 Å². The molecule has 158 valence electrons. The molecular weight excluding hydrogens is 488 g/mol. The van der Waals surface area contributed by atoms with E-state index < -0.39 is 12.8 Å². The van der Waals surface area contributed by atoms with Crippen molar-refractivity contribution in [3.05, 3.63) is 29.8 Å². The number of aliphatic imine (C=N–C) groups is 1. The molecule has 0 unspecified atom stereocenters. The Morgan fingerprint density at radius 2 is 1.93 bits per heavy atom. The topological polar surface area (TPSA) is 74.8 Å². The first-order valence-corrected chi connectivity index (χ1v) is 8.96. The summed E-state index contributed by atoms with van der Waals surface area (Å²) in [6, 6.07) is 6.41. The largest absolute Gasteiger partial charge is 0.484 e. The Morgan fingerprint density at radius 1 is 1.21 bits per heavy atom. The number of nitrogens with zero attached hydrogens (tertiary/aromatic N) is 1. The maximum absolute atomic E-state index is 12.2. The molecule has 3 N–H and O–H groups in total. The first-order chi connectivity index (χ1) is 12.9. The number of carbonyl (C=O) groups is 1. The highest BCUT2D eigenvalue weighted by Gasteiger charge is 2.29. The molecule has 0 radical (unpaired) electrons. The molecule has 1 aromatic rings. The van der Waals surface area contributed by atoms with Gasteiger partial charge in [-0.05, 0) is 37.5 Å². The minimum atomic E-state index is -4.37. The second-order valence-corrected chi connectivity index (χ2v) is 6.24. The first-order valence-electron chi connectivity index (χ1n) is 8.96. The van der Waals surface area contributed by atoms with Gasteiger partial charge in [0.15, 0.2) is 12.6 Å². The van der Waals surface area contributed by atoms with Crippen LogP contribution in [0.5, 0.6) is 5.75 Å². The predicted octanol–water partition coefficient (Wildman–Crippen LogP) is 2.83. The number of guanidine groups is 1. The second kappa shape index (κ2) is 12.0. The Bertz CT molecular complexity index is 652. The van der Waals surface area contributed by atoms with Crippen molar-refractivity contribution < 1.29 is 22.7 Å². The average molecular weight is 514 g/mol. The van der Waals surface area contributed by atoms with Crippen molar-refractivity contribution in [2.24, 2.45) is 10.9 Å². The van der Waals surface area contributed by atoms with Gasteiger partial charge in [0.2, 0.25) is 5.91 Å². The Balaban J connectivity index is 0.00000392. The Labute approximate surface area is 179 Å². The third-order valence-corrected chi connectivity index (χ3v) is 3.73. The molecule has 1 aliphatic rings. The summed E-state index contributed by atoms with van der Waals surface area (Å²) in [5.74, 6) is 0.994. The van der Waals surface area contributed by atoms with E-state index in [1.807, 2.05) is 6.92 Å². The lowest BCUT2D eigenvalue weighted by molar-refractivity contribution is -0.153. The summed E-state index contributed by atoms with van der Waals surface area (Å²) in [6.45, 7) is 2.58. The molecule has 0 aliphatic heterocycles. The summed E-state index contributed by atoms with van der Waals surface area (Å²) in [4.78, 5) is 16.0. The molecule has 0 aromatic heterocycles. The molecule has 1 amide bonds. The van der Waals surface area contributed by atoms with Gasteiger partial charge < -0.3 is 20.7 Å². The Hall–Kier alpha value is -1.72. The lowest BCUT2D eigenvalue weighted by atomic mass is 10.2. The molecule has 0 saturated heterocycles. The highest BCUT2D eigenvalue weighted by molar-refractivity contribution is 14.0. The number of hydrogen-bond acceptors (Lipinski definition) is 3. The minimum Gasteiger partial charge on any atom is -0.484 e. The summed E-state index contributed by atoms with van der Waals surface area (Å²) < 4.78 is 41.5. The van der Waals surface area contributed by atoms with Gasteiger partial charge in [0.1, 0.15) is 5.75 Å². The Kier molecular flexibility index (Phi) is 10.4. The van der Waals surface area contributed by atoms with Crippen LogP contribution in [-0.2, 0) is 11.3 Å². The van der Waals surface area contributed by atoms with E-state index in [4.69, 9.17) is 4.74 Å². The van der Waals surface area contributed by atoms with Crippen LogP contribution in [-0.4, -0.2) is 44.3 Å². The van der Waals surface area contributed by atoms with Crippen LogP contribution in [0, 0.1) is 5.92 Å². The minimum absolute atomic E-state index is 0. The maximum atomic E-state index is 12.2. The van der Waals surface area contributed by atoms with Crippen molar-refractivity contribution in [3.8, 4) is 5.75 Å². The molecule has 28 heavy (non-hydrogen) atoms. The van der Waals surface area contributed by atoms with E-state index in [0.29, 0.717) is 25.6 Å². The molecule has 1 fully saturated rings. The van der Waals surface area contributed by atoms with Crippen LogP contribution in [0.4, 0.5) is 13.2 Å². The molecule has 1 aromatic carbocycles. The van der Waals surface area contributed by atoms with E-state index >= 15 is 0 Å². The van der Waals surface area contributed by atoms with Gasteiger partial charge in [-0.3, -0.25) is 4.79 Å². The van der Waals surface area contributed by atoms with Gasteiger partial charge in [0.05, 0.1) is 6.54 Å².